The summed E-state index contributed by atoms with van der Waals surface area (Å²) in [6.45, 7) is 12.0. The van der Waals surface area contributed by atoms with Crippen LogP contribution in [0.2, 0.25) is 0 Å². The summed E-state index contributed by atoms with van der Waals surface area (Å²) in [5.41, 5.74) is 14.2. The van der Waals surface area contributed by atoms with Crippen LogP contribution in [0.4, 0.5) is 0 Å². The van der Waals surface area contributed by atoms with Crippen molar-refractivity contribution in [2.24, 2.45) is 11.5 Å². The van der Waals surface area contributed by atoms with Crippen molar-refractivity contribution in [2.75, 3.05) is 72.0 Å². The van der Waals surface area contributed by atoms with Crippen molar-refractivity contribution in [3.8, 4) is 0 Å². The summed E-state index contributed by atoms with van der Waals surface area (Å²) in [4.78, 5) is 2.57. The minimum absolute atomic E-state index is 0.315. The van der Waals surface area contributed by atoms with Gasteiger partial charge in [0.2, 0.25) is 0 Å². The summed E-state index contributed by atoms with van der Waals surface area (Å²) in [5.74, 6) is 0. The predicted octanol–water partition coefficient (Wildman–Crippen LogP) is 0.380. The van der Waals surface area contributed by atoms with E-state index < -0.39 is 0 Å². The Labute approximate surface area is 183 Å². The van der Waals surface area contributed by atoms with Crippen molar-refractivity contribution >= 4 is 0 Å². The first-order valence-electron chi connectivity index (χ1n) is 11.9. The Hall–Kier alpha value is -1.06. The zero-order valence-corrected chi connectivity index (χ0v) is 18.8. The lowest BCUT2D eigenvalue weighted by Crippen LogP contribution is -2.36. The molecule has 7 heteroatoms. The number of hydrogen-bond donors (Lipinski definition) is 6. The molecule has 1 saturated heterocycles. The predicted molar refractivity (Wildman–Crippen MR) is 128 cm³/mol. The van der Waals surface area contributed by atoms with E-state index in [-0.39, 0.29) is 0 Å². The van der Waals surface area contributed by atoms with Crippen LogP contribution in [0.1, 0.15) is 42.9 Å². The first-order valence-corrected chi connectivity index (χ1v) is 11.9. The summed E-state index contributed by atoms with van der Waals surface area (Å²) in [6, 6.07) is 9.41. The van der Waals surface area contributed by atoms with Gasteiger partial charge in [0.1, 0.15) is 0 Å². The molecule has 0 bridgehead atoms. The molecule has 1 heterocycles. The number of hydrogen-bond acceptors (Lipinski definition) is 7. The summed E-state index contributed by atoms with van der Waals surface area (Å²) < 4.78 is 0. The van der Waals surface area contributed by atoms with Crippen molar-refractivity contribution in [1.82, 2.24) is 26.2 Å². The van der Waals surface area contributed by atoms with Gasteiger partial charge in [0, 0.05) is 38.8 Å². The molecule has 0 saturated carbocycles. The highest BCUT2D eigenvalue weighted by Gasteiger charge is 2.11. The Kier molecular flexibility index (Phi) is 14.0. The molecule has 1 unspecified atom stereocenters. The van der Waals surface area contributed by atoms with E-state index in [0.717, 1.165) is 84.8 Å². The molecule has 1 aliphatic rings. The molecule has 1 atom stereocenters. The van der Waals surface area contributed by atoms with Crippen molar-refractivity contribution in [3.05, 3.63) is 35.4 Å². The lowest BCUT2D eigenvalue weighted by Gasteiger charge is -2.24. The van der Waals surface area contributed by atoms with Gasteiger partial charge >= 0.3 is 0 Å². The van der Waals surface area contributed by atoms with Gasteiger partial charge < -0.3 is 32.7 Å². The molecule has 2 rings (SSSR count). The Morgan fingerprint density at radius 1 is 0.833 bits per heavy atom. The van der Waals surface area contributed by atoms with Gasteiger partial charge in [-0.3, -0.25) is 4.90 Å². The van der Waals surface area contributed by atoms with E-state index >= 15 is 0 Å². The maximum absolute atomic E-state index is 5.83. The molecule has 1 aromatic rings. The van der Waals surface area contributed by atoms with Crippen LogP contribution in [0.25, 0.3) is 0 Å². The molecule has 30 heavy (non-hydrogen) atoms. The van der Waals surface area contributed by atoms with Gasteiger partial charge in [0.25, 0.3) is 0 Å². The van der Waals surface area contributed by atoms with Crippen LogP contribution in [0.5, 0.6) is 0 Å². The monoisotopic (exact) mass is 419 g/mol. The van der Waals surface area contributed by atoms with Crippen LogP contribution in [0.15, 0.2) is 24.3 Å². The minimum Gasteiger partial charge on any atom is -0.330 e. The third-order valence-corrected chi connectivity index (χ3v) is 5.63. The highest BCUT2D eigenvalue weighted by Crippen LogP contribution is 2.18. The van der Waals surface area contributed by atoms with Crippen LogP contribution >= 0.6 is 0 Å². The number of benzene rings is 1. The molecular weight excluding hydrogens is 374 g/mol. The molecule has 1 aliphatic heterocycles. The first kappa shape index (κ1) is 25.2. The molecule has 7 nitrogen and oxygen atoms in total. The average molecular weight is 420 g/mol. The maximum Gasteiger partial charge on any atom is 0.0332 e. The number of nitrogens with one attached hydrogen (secondary N) is 4. The smallest absolute Gasteiger partial charge is 0.0332 e. The highest BCUT2D eigenvalue weighted by molar-refractivity contribution is 5.25. The van der Waals surface area contributed by atoms with E-state index in [2.05, 4.69) is 50.4 Å². The van der Waals surface area contributed by atoms with Gasteiger partial charge in [-0.25, -0.2) is 0 Å². The molecule has 1 fully saturated rings. The second kappa shape index (κ2) is 16.6. The zero-order chi connectivity index (χ0) is 21.3. The summed E-state index contributed by atoms with van der Waals surface area (Å²) >= 11 is 0. The van der Waals surface area contributed by atoms with Crippen LogP contribution in [0.3, 0.4) is 0 Å². The van der Waals surface area contributed by atoms with Crippen molar-refractivity contribution in [2.45, 2.75) is 38.3 Å². The van der Waals surface area contributed by atoms with Crippen molar-refractivity contribution < 1.29 is 0 Å². The minimum atomic E-state index is 0.315. The topological polar surface area (TPSA) is 103 Å². The highest BCUT2D eigenvalue weighted by atomic mass is 15.1. The largest absolute Gasteiger partial charge is 0.330 e. The van der Waals surface area contributed by atoms with Crippen LogP contribution < -0.4 is 32.7 Å². The summed E-state index contributed by atoms with van der Waals surface area (Å²) in [6.07, 6.45) is 4.31. The van der Waals surface area contributed by atoms with E-state index in [9.17, 15) is 0 Å². The molecule has 172 valence electrons. The van der Waals surface area contributed by atoms with Crippen LogP contribution in [0, 0.1) is 0 Å². The average Bonchev–Trinajstić information content (AvgIpc) is 2.76. The zero-order valence-electron chi connectivity index (χ0n) is 18.8. The molecule has 0 radical (unpaired) electrons. The van der Waals surface area contributed by atoms with Gasteiger partial charge in [-0.05, 0) is 82.6 Å². The van der Waals surface area contributed by atoms with Gasteiger partial charge in [0.15, 0.2) is 0 Å². The second-order valence-corrected chi connectivity index (χ2v) is 8.20. The number of nitrogens with two attached hydrogens (primary N) is 2. The normalized spacial score (nSPS) is 19.3. The Morgan fingerprint density at radius 2 is 1.53 bits per heavy atom. The van der Waals surface area contributed by atoms with E-state index in [1.165, 1.54) is 24.0 Å². The molecule has 1 aromatic carbocycles. The van der Waals surface area contributed by atoms with E-state index in [0.29, 0.717) is 12.6 Å². The molecule has 8 N–H and O–H groups in total. The van der Waals surface area contributed by atoms with Crippen molar-refractivity contribution in [1.29, 1.82) is 0 Å². The van der Waals surface area contributed by atoms with Crippen molar-refractivity contribution in [3.63, 3.8) is 0 Å². The fourth-order valence-corrected chi connectivity index (χ4v) is 3.87. The van der Waals surface area contributed by atoms with E-state index in [1.54, 1.807) is 0 Å². The number of nitrogens with zero attached hydrogens (tertiary/aromatic N) is 1. The SMILES string of the molecule is NCCCNC(CCN)c1ccc(CN2CCCNCCNCCCNCC2)cc1. The standard InChI is InChI=1S/C23H45N7/c24-9-1-14-29-23(8-10-25)22-6-4-21(5-7-22)20-30-18-3-13-27-16-15-26-11-2-12-28-17-19-30/h4-7,23,26-29H,1-3,8-20,24-25H2. The quantitative estimate of drug-likeness (QED) is 0.322. The molecule has 0 aromatic heterocycles. The Balaban J connectivity index is 1.87. The van der Waals surface area contributed by atoms with E-state index in [1.807, 2.05) is 0 Å². The van der Waals surface area contributed by atoms with Gasteiger partial charge in [-0.2, -0.15) is 0 Å². The maximum atomic E-state index is 5.83. The Morgan fingerprint density at radius 3 is 2.23 bits per heavy atom. The third kappa shape index (κ3) is 10.8. The van der Waals surface area contributed by atoms with E-state index in [4.69, 9.17) is 11.5 Å². The van der Waals surface area contributed by atoms with Crippen LogP contribution in [-0.4, -0.2) is 76.9 Å². The fraction of sp³-hybridized carbons (Fsp3) is 0.739. The third-order valence-electron chi connectivity index (χ3n) is 5.63. The molecule has 0 amide bonds. The van der Waals surface area contributed by atoms with Gasteiger partial charge in [-0.1, -0.05) is 24.3 Å². The first-order chi connectivity index (χ1) is 14.8. The molecule has 0 aliphatic carbocycles. The lowest BCUT2D eigenvalue weighted by molar-refractivity contribution is 0.260. The molecule has 0 spiro atoms. The second-order valence-electron chi connectivity index (χ2n) is 8.20. The number of rotatable bonds is 9. The lowest BCUT2D eigenvalue weighted by atomic mass is 10.0. The fourth-order valence-electron chi connectivity index (χ4n) is 3.87. The van der Waals surface area contributed by atoms with Gasteiger partial charge in [-0.15, -0.1) is 0 Å². The summed E-state index contributed by atoms with van der Waals surface area (Å²) in [5, 5.41) is 14.2. The Bertz CT molecular complexity index is 509. The summed E-state index contributed by atoms with van der Waals surface area (Å²) in [7, 11) is 0. The van der Waals surface area contributed by atoms with Crippen LogP contribution in [-0.2, 0) is 6.54 Å². The molecular formula is C23H45N7. The van der Waals surface area contributed by atoms with Gasteiger partial charge in [0.05, 0.1) is 0 Å².